The van der Waals surface area contributed by atoms with Gasteiger partial charge in [0.1, 0.15) is 0 Å². The van der Waals surface area contributed by atoms with Gasteiger partial charge < -0.3 is 15.1 Å². The fourth-order valence-electron chi connectivity index (χ4n) is 2.78. The highest BCUT2D eigenvalue weighted by Gasteiger charge is 2.26. The highest BCUT2D eigenvalue weighted by atomic mass is 16.2. The van der Waals surface area contributed by atoms with E-state index in [0.717, 1.165) is 32.0 Å². The molecular formula is C16H28N6O. The molecule has 1 amide bonds. The van der Waals surface area contributed by atoms with Crippen molar-refractivity contribution in [1.82, 2.24) is 24.9 Å². The Kier molecular flexibility index (Phi) is 6.01. The van der Waals surface area contributed by atoms with Crippen LogP contribution in [-0.4, -0.2) is 71.7 Å². The number of aliphatic imine (C=N–C) groups is 1. The third kappa shape index (κ3) is 4.71. The van der Waals surface area contributed by atoms with Crippen molar-refractivity contribution >= 4 is 11.9 Å². The van der Waals surface area contributed by atoms with E-state index in [1.165, 1.54) is 5.56 Å². The van der Waals surface area contributed by atoms with Crippen LogP contribution >= 0.6 is 0 Å². The van der Waals surface area contributed by atoms with Gasteiger partial charge in [-0.2, -0.15) is 5.10 Å². The van der Waals surface area contributed by atoms with Gasteiger partial charge in [-0.1, -0.05) is 0 Å². The first-order valence-electron chi connectivity index (χ1n) is 8.23. The van der Waals surface area contributed by atoms with E-state index >= 15 is 0 Å². The van der Waals surface area contributed by atoms with Crippen molar-refractivity contribution in [3.8, 4) is 0 Å². The van der Waals surface area contributed by atoms with Crippen LogP contribution in [0.25, 0.3) is 0 Å². The largest absolute Gasteiger partial charge is 0.357 e. The first kappa shape index (κ1) is 17.3. The first-order valence-corrected chi connectivity index (χ1v) is 8.23. The third-order valence-corrected chi connectivity index (χ3v) is 4.10. The molecule has 0 aromatic carbocycles. The zero-order valence-electron chi connectivity index (χ0n) is 14.6. The molecule has 1 aromatic heterocycles. The first-order chi connectivity index (χ1) is 11.0. The van der Waals surface area contributed by atoms with Crippen molar-refractivity contribution in [3.05, 3.63) is 18.0 Å². The lowest BCUT2D eigenvalue weighted by Crippen LogP contribution is -2.40. The number of carbonyl (C=O) groups excluding carboxylic acids is 1. The van der Waals surface area contributed by atoms with E-state index in [9.17, 15) is 4.79 Å². The molecule has 0 aliphatic carbocycles. The van der Waals surface area contributed by atoms with Crippen LogP contribution in [0.4, 0.5) is 0 Å². The second-order valence-electron chi connectivity index (χ2n) is 6.15. The number of nitrogens with one attached hydrogen (secondary N) is 1. The molecule has 1 aliphatic heterocycles. The minimum atomic E-state index is 0.110. The average molecular weight is 320 g/mol. The maximum atomic E-state index is 11.7. The van der Waals surface area contributed by atoms with Crippen molar-refractivity contribution in [2.45, 2.75) is 25.7 Å². The van der Waals surface area contributed by atoms with Gasteiger partial charge in [0.25, 0.3) is 0 Å². The summed E-state index contributed by atoms with van der Waals surface area (Å²) < 4.78 is 1.85. The molecule has 0 radical (unpaired) electrons. The monoisotopic (exact) mass is 320 g/mol. The second-order valence-corrected chi connectivity index (χ2v) is 6.15. The molecular weight excluding hydrogens is 292 g/mol. The number of likely N-dealkylation sites (tertiary alicyclic amines) is 1. The van der Waals surface area contributed by atoms with Gasteiger partial charge >= 0.3 is 0 Å². The van der Waals surface area contributed by atoms with Crippen LogP contribution in [0.3, 0.4) is 0 Å². The molecule has 0 bridgehead atoms. The number of nitrogens with zero attached hydrogens (tertiary/aromatic N) is 5. The summed E-state index contributed by atoms with van der Waals surface area (Å²) >= 11 is 0. The number of hydrogen-bond donors (Lipinski definition) is 1. The van der Waals surface area contributed by atoms with Crippen molar-refractivity contribution in [3.63, 3.8) is 0 Å². The molecule has 7 heteroatoms. The Morgan fingerprint density at radius 3 is 2.91 bits per heavy atom. The molecule has 1 unspecified atom stereocenters. The Morgan fingerprint density at radius 1 is 1.52 bits per heavy atom. The zero-order chi connectivity index (χ0) is 16.8. The predicted molar refractivity (Wildman–Crippen MR) is 91.4 cm³/mol. The van der Waals surface area contributed by atoms with Gasteiger partial charge in [0, 0.05) is 59.3 Å². The molecule has 128 valence electrons. The molecule has 2 heterocycles. The maximum Gasteiger partial charge on any atom is 0.223 e. The smallest absolute Gasteiger partial charge is 0.223 e. The summed E-state index contributed by atoms with van der Waals surface area (Å²) in [6, 6.07) is 0. The van der Waals surface area contributed by atoms with Gasteiger partial charge in [0.2, 0.25) is 5.91 Å². The molecule has 23 heavy (non-hydrogen) atoms. The summed E-state index contributed by atoms with van der Waals surface area (Å²) in [5.41, 5.74) is 1.29. The molecule has 0 spiro atoms. The van der Waals surface area contributed by atoms with Gasteiger partial charge in [-0.05, 0) is 18.9 Å². The van der Waals surface area contributed by atoms with Crippen LogP contribution in [0, 0.1) is 0 Å². The number of aryl methyl sites for hydroxylation is 1. The van der Waals surface area contributed by atoms with Gasteiger partial charge in [-0.25, -0.2) is 0 Å². The predicted octanol–water partition coefficient (Wildman–Crippen LogP) is 0.653. The highest BCUT2D eigenvalue weighted by molar-refractivity contribution is 5.81. The Balaban J connectivity index is 1.94. The maximum absolute atomic E-state index is 11.7. The molecule has 7 nitrogen and oxygen atoms in total. The van der Waals surface area contributed by atoms with E-state index in [2.05, 4.69) is 33.4 Å². The van der Waals surface area contributed by atoms with Crippen molar-refractivity contribution in [1.29, 1.82) is 0 Å². The number of aromatic nitrogens is 2. The van der Waals surface area contributed by atoms with Crippen LogP contribution in [-0.2, 0) is 11.8 Å². The molecule has 0 saturated carbocycles. The number of rotatable bonds is 5. The lowest BCUT2D eigenvalue weighted by Gasteiger charge is -2.21. The summed E-state index contributed by atoms with van der Waals surface area (Å²) in [6.45, 7) is 5.34. The fraction of sp³-hybridized carbons (Fsp3) is 0.688. The number of guanidine groups is 1. The van der Waals surface area contributed by atoms with Crippen LogP contribution < -0.4 is 5.32 Å². The van der Waals surface area contributed by atoms with E-state index in [1.54, 1.807) is 19.0 Å². The van der Waals surface area contributed by atoms with Gasteiger partial charge in [-0.3, -0.25) is 14.5 Å². The lowest BCUT2D eigenvalue weighted by molar-refractivity contribution is -0.128. The lowest BCUT2D eigenvalue weighted by atomic mass is 10.0. The van der Waals surface area contributed by atoms with E-state index < -0.39 is 0 Å². The molecule has 2 rings (SSSR count). The van der Waals surface area contributed by atoms with Crippen molar-refractivity contribution in [2.24, 2.45) is 12.0 Å². The van der Waals surface area contributed by atoms with E-state index in [-0.39, 0.29) is 5.91 Å². The minimum absolute atomic E-state index is 0.110. The topological polar surface area (TPSA) is 65.8 Å². The van der Waals surface area contributed by atoms with Gasteiger partial charge in [0.05, 0.1) is 12.7 Å². The summed E-state index contributed by atoms with van der Waals surface area (Å²) in [7, 11) is 5.50. The Morgan fingerprint density at radius 2 is 2.30 bits per heavy atom. The summed E-state index contributed by atoms with van der Waals surface area (Å²) in [5, 5.41) is 7.60. The van der Waals surface area contributed by atoms with Gasteiger partial charge in [-0.15, -0.1) is 0 Å². The third-order valence-electron chi connectivity index (χ3n) is 4.10. The van der Waals surface area contributed by atoms with E-state index in [1.807, 2.05) is 17.9 Å². The van der Waals surface area contributed by atoms with Crippen LogP contribution in [0.1, 0.15) is 31.2 Å². The quantitative estimate of drug-likeness (QED) is 0.639. The normalized spacial score (nSPS) is 18.3. The van der Waals surface area contributed by atoms with Crippen LogP contribution in [0.15, 0.2) is 17.4 Å². The van der Waals surface area contributed by atoms with Gasteiger partial charge in [0.15, 0.2) is 5.96 Å². The molecule has 1 saturated heterocycles. The summed E-state index contributed by atoms with van der Waals surface area (Å²) in [4.78, 5) is 20.2. The molecule has 1 aliphatic rings. The molecule has 1 aromatic rings. The molecule has 1 fully saturated rings. The minimum Gasteiger partial charge on any atom is -0.357 e. The number of carbonyl (C=O) groups is 1. The number of amides is 1. The Bertz CT molecular complexity index is 551. The summed E-state index contributed by atoms with van der Waals surface area (Å²) in [5.74, 6) is 1.51. The van der Waals surface area contributed by atoms with E-state index in [4.69, 9.17) is 0 Å². The zero-order valence-corrected chi connectivity index (χ0v) is 14.6. The van der Waals surface area contributed by atoms with Crippen molar-refractivity contribution in [2.75, 3.05) is 40.3 Å². The standard InChI is InChI=1S/C16H28N6O/c1-5-17-16(18-8-6-15(23)20(2)3)22-9-7-13(12-22)14-10-19-21(4)11-14/h10-11,13H,5-9,12H2,1-4H3,(H,17,18). The van der Waals surface area contributed by atoms with Crippen LogP contribution in [0.2, 0.25) is 0 Å². The Labute approximate surface area is 138 Å². The van der Waals surface area contributed by atoms with Crippen LogP contribution in [0.5, 0.6) is 0 Å². The highest BCUT2D eigenvalue weighted by Crippen LogP contribution is 2.26. The van der Waals surface area contributed by atoms with Crippen molar-refractivity contribution < 1.29 is 4.79 Å². The van der Waals surface area contributed by atoms with E-state index in [0.29, 0.717) is 18.9 Å². The number of hydrogen-bond acceptors (Lipinski definition) is 3. The Hall–Kier alpha value is -2.05. The SMILES string of the molecule is CCNC(=NCCC(=O)N(C)C)N1CCC(c2cnn(C)c2)C1. The average Bonchev–Trinajstić information content (AvgIpc) is 3.14. The molecule has 1 atom stereocenters. The fourth-order valence-corrected chi connectivity index (χ4v) is 2.78. The molecule has 1 N–H and O–H groups in total. The second kappa shape index (κ2) is 7.99. The summed E-state index contributed by atoms with van der Waals surface area (Å²) in [6.07, 6.45) is 5.59.